The molecular formula is C87H144NO8P. The Morgan fingerprint density at radius 1 is 0.309 bits per heavy atom. The molecule has 550 valence electrons. The average Bonchev–Trinajstić information content (AvgIpc) is 2.17. The molecule has 10 heteroatoms. The Balaban J connectivity index is 3.88. The second-order valence-electron chi connectivity index (χ2n) is 25.5. The maximum Gasteiger partial charge on any atom is 0.472 e. The molecule has 3 N–H and O–H groups in total. The molecule has 0 rings (SSSR count). The molecule has 0 saturated heterocycles. The fraction of sp³-hybridized carbons (Fsp3) is 0.632. The number of rotatable bonds is 72. The van der Waals surface area contributed by atoms with Crippen LogP contribution in [-0.4, -0.2) is 49.3 Å². The zero-order valence-corrected chi connectivity index (χ0v) is 62.9. The molecule has 0 fully saturated rings. The Morgan fingerprint density at radius 3 is 0.794 bits per heavy atom. The van der Waals surface area contributed by atoms with E-state index in [0.717, 1.165) is 141 Å². The van der Waals surface area contributed by atoms with Crippen LogP contribution in [0, 0.1) is 0 Å². The van der Waals surface area contributed by atoms with Crippen LogP contribution in [0.4, 0.5) is 0 Å². The average molecular weight is 1360 g/mol. The molecule has 0 aromatic carbocycles. The Kier molecular flexibility index (Phi) is 76.1. The van der Waals surface area contributed by atoms with Gasteiger partial charge in [0, 0.05) is 19.4 Å². The van der Waals surface area contributed by atoms with Gasteiger partial charge in [0.05, 0.1) is 13.2 Å². The van der Waals surface area contributed by atoms with Crippen molar-refractivity contribution in [3.05, 3.63) is 182 Å². The highest BCUT2D eigenvalue weighted by Crippen LogP contribution is 2.43. The predicted molar refractivity (Wildman–Crippen MR) is 422 cm³/mol. The van der Waals surface area contributed by atoms with E-state index in [1.165, 1.54) is 148 Å². The van der Waals surface area contributed by atoms with Crippen LogP contribution in [0.2, 0.25) is 0 Å². The van der Waals surface area contributed by atoms with Crippen molar-refractivity contribution in [3.8, 4) is 0 Å². The van der Waals surface area contributed by atoms with Crippen molar-refractivity contribution >= 4 is 19.8 Å². The minimum atomic E-state index is -4.41. The second kappa shape index (κ2) is 80.1. The number of unbranched alkanes of at least 4 members (excludes halogenated alkanes) is 29. The van der Waals surface area contributed by atoms with E-state index in [9.17, 15) is 19.0 Å². The number of carbonyl (C=O) groups excluding carboxylic acids is 2. The second-order valence-corrected chi connectivity index (χ2v) is 26.9. The molecular weight excluding hydrogens is 1220 g/mol. The highest BCUT2D eigenvalue weighted by atomic mass is 31.2. The van der Waals surface area contributed by atoms with Gasteiger partial charge in [-0.1, -0.05) is 357 Å². The summed E-state index contributed by atoms with van der Waals surface area (Å²) in [6.07, 6.45) is 120. The van der Waals surface area contributed by atoms with Crippen LogP contribution < -0.4 is 5.73 Å². The first-order valence-electron chi connectivity index (χ1n) is 39.3. The summed E-state index contributed by atoms with van der Waals surface area (Å²) in [6.45, 7) is 3.53. The third-order valence-corrected chi connectivity index (χ3v) is 17.3. The van der Waals surface area contributed by atoms with Crippen LogP contribution in [0.1, 0.15) is 322 Å². The standard InChI is InChI=1S/C87H144NO8P/c1-3-5-7-9-11-13-15-17-19-21-23-25-27-29-31-33-35-37-39-41-42-44-45-47-49-51-53-55-57-59-61-63-65-67-69-71-73-75-77-79-86(89)93-83-85(84-95-97(91,92)94-82-81-88)96-87(90)80-78-76-74-72-70-68-66-64-62-60-58-56-54-52-50-48-46-43-40-38-36-34-32-30-28-26-24-22-20-18-16-14-12-10-8-6-4-2/h5-8,11-14,17-20,23-26,29-32,35-38,41-43,46,50,52,85H,3-4,9-10,15-16,21-22,27-28,33-34,39-40,44-45,47-49,51,53-84,88H2,1-2H3,(H,91,92)/b7-5-,8-6-,13-11-,14-12-,19-17-,20-18-,25-23-,26-24-,31-29-,32-30-,37-35-,38-36-,42-41-,46-43-,52-50-. The molecule has 97 heavy (non-hydrogen) atoms. The van der Waals surface area contributed by atoms with Gasteiger partial charge in [0.15, 0.2) is 6.10 Å². The SMILES string of the molecule is CC/C=C\C/C=C\C/C=C\C/C=C\C/C=C\C/C=C\C/C=C\C/C=C\CCCCCCCCCCCCCCC(=O)OC(COC(=O)CCCCCCCCCCCCCCCCCCC/C=C\C/C=C\C/C=C\C/C=C\C/C=C\C/C=C\C/C=C\CC)COP(=O)(O)OCCN. The van der Waals surface area contributed by atoms with Crippen molar-refractivity contribution in [3.63, 3.8) is 0 Å². The van der Waals surface area contributed by atoms with Crippen LogP contribution in [0.15, 0.2) is 182 Å². The number of carbonyl (C=O) groups is 2. The van der Waals surface area contributed by atoms with Crippen LogP contribution in [0.3, 0.4) is 0 Å². The van der Waals surface area contributed by atoms with E-state index in [0.29, 0.717) is 6.42 Å². The first-order valence-corrected chi connectivity index (χ1v) is 40.8. The number of esters is 2. The third-order valence-electron chi connectivity index (χ3n) is 16.3. The Labute approximate surface area is 596 Å². The zero-order valence-electron chi connectivity index (χ0n) is 62.0. The van der Waals surface area contributed by atoms with E-state index in [1.54, 1.807) is 0 Å². The molecule has 0 aliphatic rings. The van der Waals surface area contributed by atoms with E-state index in [4.69, 9.17) is 24.3 Å². The maximum atomic E-state index is 12.8. The molecule has 0 amide bonds. The number of hydrogen-bond donors (Lipinski definition) is 2. The molecule has 0 aromatic heterocycles. The van der Waals surface area contributed by atoms with Gasteiger partial charge in [-0.3, -0.25) is 18.6 Å². The number of ether oxygens (including phenoxy) is 2. The lowest BCUT2D eigenvalue weighted by Gasteiger charge is -2.19. The summed E-state index contributed by atoms with van der Waals surface area (Å²) in [6, 6.07) is 0. The molecule has 2 unspecified atom stereocenters. The van der Waals surface area contributed by atoms with Gasteiger partial charge < -0.3 is 20.1 Å². The molecule has 0 aliphatic heterocycles. The summed E-state index contributed by atoms with van der Waals surface area (Å²) in [4.78, 5) is 35.5. The quantitative estimate of drug-likeness (QED) is 0.0264. The Morgan fingerprint density at radius 2 is 0.536 bits per heavy atom. The van der Waals surface area contributed by atoms with E-state index < -0.39 is 26.5 Å². The summed E-state index contributed by atoms with van der Waals surface area (Å²) in [7, 11) is -4.41. The number of hydrogen-bond acceptors (Lipinski definition) is 8. The van der Waals surface area contributed by atoms with Gasteiger partial charge in [0.25, 0.3) is 0 Å². The summed E-state index contributed by atoms with van der Waals surface area (Å²) in [5, 5.41) is 0. The van der Waals surface area contributed by atoms with Gasteiger partial charge in [-0.15, -0.1) is 0 Å². The number of phosphoric acid groups is 1. The molecule has 0 bridgehead atoms. The molecule has 0 saturated carbocycles. The summed E-state index contributed by atoms with van der Waals surface area (Å²) < 4.78 is 33.3. The fourth-order valence-electron chi connectivity index (χ4n) is 10.6. The topological polar surface area (TPSA) is 134 Å². The van der Waals surface area contributed by atoms with Crippen LogP contribution >= 0.6 is 7.82 Å². The lowest BCUT2D eigenvalue weighted by atomic mass is 10.0. The third kappa shape index (κ3) is 80.0. The minimum absolute atomic E-state index is 0.0468. The largest absolute Gasteiger partial charge is 0.472 e. The van der Waals surface area contributed by atoms with Crippen LogP contribution in [0.25, 0.3) is 0 Å². The van der Waals surface area contributed by atoms with Gasteiger partial charge in [0.2, 0.25) is 0 Å². The lowest BCUT2D eigenvalue weighted by Crippen LogP contribution is -2.29. The molecule has 0 heterocycles. The van der Waals surface area contributed by atoms with Gasteiger partial charge in [-0.05, 0) is 135 Å². The van der Waals surface area contributed by atoms with Crippen molar-refractivity contribution < 1.29 is 37.6 Å². The number of phosphoric ester groups is 1. The van der Waals surface area contributed by atoms with Crippen molar-refractivity contribution in [2.75, 3.05) is 26.4 Å². The van der Waals surface area contributed by atoms with Crippen molar-refractivity contribution in [2.45, 2.75) is 328 Å². The van der Waals surface area contributed by atoms with E-state index in [1.807, 2.05) is 0 Å². The summed E-state index contributed by atoms with van der Waals surface area (Å²) in [5.74, 6) is -0.829. The predicted octanol–water partition coefficient (Wildman–Crippen LogP) is 26.6. The zero-order chi connectivity index (χ0) is 70.0. The van der Waals surface area contributed by atoms with Crippen molar-refractivity contribution in [1.29, 1.82) is 0 Å². The van der Waals surface area contributed by atoms with Crippen LogP contribution in [-0.2, 0) is 32.7 Å². The van der Waals surface area contributed by atoms with Crippen molar-refractivity contribution in [2.24, 2.45) is 5.73 Å². The molecule has 0 spiro atoms. The monoisotopic (exact) mass is 1360 g/mol. The molecule has 0 aliphatic carbocycles. The van der Waals surface area contributed by atoms with Gasteiger partial charge in [-0.2, -0.15) is 0 Å². The lowest BCUT2D eigenvalue weighted by molar-refractivity contribution is -0.161. The van der Waals surface area contributed by atoms with E-state index >= 15 is 0 Å². The number of nitrogens with two attached hydrogens (primary N) is 1. The molecule has 0 radical (unpaired) electrons. The highest BCUT2D eigenvalue weighted by Gasteiger charge is 2.26. The minimum Gasteiger partial charge on any atom is -0.462 e. The first kappa shape index (κ1) is 92.1. The smallest absolute Gasteiger partial charge is 0.462 e. The highest BCUT2D eigenvalue weighted by molar-refractivity contribution is 7.47. The van der Waals surface area contributed by atoms with E-state index in [2.05, 4.69) is 196 Å². The first-order chi connectivity index (χ1) is 47.8. The fourth-order valence-corrected chi connectivity index (χ4v) is 11.3. The van der Waals surface area contributed by atoms with Gasteiger partial charge in [-0.25, -0.2) is 4.57 Å². The Bertz CT molecular complexity index is 2250. The van der Waals surface area contributed by atoms with Crippen molar-refractivity contribution in [1.82, 2.24) is 0 Å². The molecule has 2 atom stereocenters. The normalized spacial score (nSPS) is 13.9. The molecule has 0 aromatic rings. The van der Waals surface area contributed by atoms with Gasteiger partial charge in [0.1, 0.15) is 6.61 Å². The Hall–Kier alpha value is -4.89. The summed E-state index contributed by atoms with van der Waals surface area (Å²) in [5.41, 5.74) is 5.41. The molecule has 9 nitrogen and oxygen atoms in total. The van der Waals surface area contributed by atoms with E-state index in [-0.39, 0.29) is 38.6 Å². The maximum absolute atomic E-state index is 12.8. The van der Waals surface area contributed by atoms with Gasteiger partial charge >= 0.3 is 19.8 Å². The number of allylic oxidation sites excluding steroid dienone is 30. The summed E-state index contributed by atoms with van der Waals surface area (Å²) >= 11 is 0. The van der Waals surface area contributed by atoms with Crippen LogP contribution in [0.5, 0.6) is 0 Å².